The molecule has 1 saturated heterocycles. The van der Waals surface area contributed by atoms with Crippen molar-refractivity contribution in [3.63, 3.8) is 0 Å². The summed E-state index contributed by atoms with van der Waals surface area (Å²) in [5, 5.41) is 2.97. The van der Waals surface area contributed by atoms with Gasteiger partial charge >= 0.3 is 0 Å². The molecule has 6 nitrogen and oxygen atoms in total. The predicted molar refractivity (Wildman–Crippen MR) is 134 cm³/mol. The number of nitrogens with one attached hydrogen (secondary N) is 1. The summed E-state index contributed by atoms with van der Waals surface area (Å²) in [6.45, 7) is 1.44. The van der Waals surface area contributed by atoms with Crippen LogP contribution in [0.4, 0.5) is 15.8 Å². The first-order valence-electron chi connectivity index (χ1n) is 11.7. The van der Waals surface area contributed by atoms with E-state index in [4.69, 9.17) is 4.74 Å². The maximum atomic E-state index is 14.4. The molecule has 3 aromatic rings. The van der Waals surface area contributed by atoms with Crippen LogP contribution in [-0.2, 0) is 15.0 Å². The molecule has 6 rings (SSSR count). The molecular weight excluding hydrogens is 459 g/mol. The van der Waals surface area contributed by atoms with Gasteiger partial charge in [-0.25, -0.2) is 4.39 Å². The van der Waals surface area contributed by atoms with E-state index in [-0.39, 0.29) is 17.5 Å². The number of fused-ring (bicyclic) bond motifs is 6. The Hall–Kier alpha value is -4.26. The fraction of sp³-hybridized carbons (Fsp3) is 0.207. The summed E-state index contributed by atoms with van der Waals surface area (Å²) in [5.41, 5.74) is 1.48. The van der Waals surface area contributed by atoms with E-state index in [0.717, 1.165) is 0 Å². The molecule has 36 heavy (non-hydrogen) atoms. The van der Waals surface area contributed by atoms with Gasteiger partial charge in [0.2, 0.25) is 5.91 Å². The van der Waals surface area contributed by atoms with Gasteiger partial charge in [0.15, 0.2) is 11.6 Å². The van der Waals surface area contributed by atoms with E-state index >= 15 is 0 Å². The number of hydrogen-bond donors (Lipinski definition) is 1. The second kappa shape index (κ2) is 7.88. The van der Waals surface area contributed by atoms with Crippen LogP contribution >= 0.6 is 0 Å². The van der Waals surface area contributed by atoms with Gasteiger partial charge in [-0.3, -0.25) is 14.4 Å². The molecule has 0 radical (unpaired) electrons. The second-order valence-corrected chi connectivity index (χ2v) is 9.41. The van der Waals surface area contributed by atoms with Crippen LogP contribution in [-0.4, -0.2) is 36.7 Å². The Kier molecular flexibility index (Phi) is 4.86. The van der Waals surface area contributed by atoms with Crippen molar-refractivity contribution < 1.29 is 23.5 Å². The van der Waals surface area contributed by atoms with Crippen LogP contribution in [0.15, 0.2) is 72.8 Å². The monoisotopic (exact) mass is 482 g/mol. The van der Waals surface area contributed by atoms with E-state index in [2.05, 4.69) is 5.32 Å². The third-order valence-electron chi connectivity index (χ3n) is 7.65. The lowest BCUT2D eigenvalue weighted by molar-refractivity contribution is -0.122. The Morgan fingerprint density at radius 1 is 1.06 bits per heavy atom. The van der Waals surface area contributed by atoms with Crippen molar-refractivity contribution in [2.45, 2.75) is 24.4 Å². The van der Waals surface area contributed by atoms with Gasteiger partial charge in [-0.1, -0.05) is 42.5 Å². The third-order valence-corrected chi connectivity index (χ3v) is 7.65. The number of anilines is 2. The molecule has 4 unspecified atom stereocenters. The zero-order valence-corrected chi connectivity index (χ0v) is 19.7. The molecule has 3 aliphatic rings. The standard InChI is InChI=1S/C29H23FN2O4/c1-16(33)26-25(27(34)18-6-5-7-20(15-18)36-2)29(21-8-3-4-9-22(21)31-28(29)35)24-13-10-17-14-19(30)11-12-23(17)32(24)26/h3-15,24-26H,1-2H3,(H,31,35). The number of carbonyl (C=O) groups excluding carboxylic acids is 3. The first-order valence-corrected chi connectivity index (χ1v) is 11.7. The summed E-state index contributed by atoms with van der Waals surface area (Å²) in [4.78, 5) is 43.5. The number of carbonyl (C=O) groups is 3. The molecule has 0 aliphatic carbocycles. The summed E-state index contributed by atoms with van der Waals surface area (Å²) >= 11 is 0. The number of halogens is 1. The molecule has 0 aromatic heterocycles. The Balaban J connectivity index is 1.65. The van der Waals surface area contributed by atoms with Gasteiger partial charge in [0, 0.05) is 22.5 Å². The van der Waals surface area contributed by atoms with Gasteiger partial charge in [-0.05, 0) is 48.9 Å². The topological polar surface area (TPSA) is 75.7 Å². The van der Waals surface area contributed by atoms with Gasteiger partial charge in [-0.2, -0.15) is 0 Å². The second-order valence-electron chi connectivity index (χ2n) is 9.41. The molecule has 3 aliphatic heterocycles. The number of Topliss-reactive ketones (excluding diaryl/α,β-unsaturated/α-hetero) is 2. The molecule has 3 aromatic carbocycles. The quantitative estimate of drug-likeness (QED) is 0.558. The lowest BCUT2D eigenvalue weighted by atomic mass is 9.64. The van der Waals surface area contributed by atoms with E-state index in [1.807, 2.05) is 29.2 Å². The molecule has 4 atom stereocenters. The molecule has 1 spiro atoms. The highest BCUT2D eigenvalue weighted by Crippen LogP contribution is 2.57. The van der Waals surface area contributed by atoms with E-state index in [1.54, 1.807) is 42.5 Å². The normalized spacial score (nSPS) is 25.2. The predicted octanol–water partition coefficient (Wildman–Crippen LogP) is 4.40. The Bertz CT molecular complexity index is 1480. The van der Waals surface area contributed by atoms with Gasteiger partial charge in [0.1, 0.15) is 17.0 Å². The molecule has 7 heteroatoms. The zero-order chi connectivity index (χ0) is 25.2. The highest BCUT2D eigenvalue weighted by molar-refractivity contribution is 6.16. The number of ether oxygens (including phenoxy) is 1. The van der Waals surface area contributed by atoms with Gasteiger partial charge < -0.3 is 15.0 Å². The number of ketones is 2. The fourth-order valence-corrected chi connectivity index (χ4v) is 6.26. The number of amides is 1. The van der Waals surface area contributed by atoms with Crippen molar-refractivity contribution in [3.8, 4) is 5.75 Å². The lowest BCUT2D eigenvalue weighted by Gasteiger charge is -2.37. The van der Waals surface area contributed by atoms with E-state index in [1.165, 1.54) is 26.2 Å². The van der Waals surface area contributed by atoms with Crippen LogP contribution in [0.25, 0.3) is 6.08 Å². The van der Waals surface area contributed by atoms with Crippen LogP contribution in [0.1, 0.15) is 28.4 Å². The van der Waals surface area contributed by atoms with E-state index in [0.29, 0.717) is 33.8 Å². The van der Waals surface area contributed by atoms with Crippen LogP contribution in [0.5, 0.6) is 5.75 Å². The fourth-order valence-electron chi connectivity index (χ4n) is 6.26. The largest absolute Gasteiger partial charge is 0.497 e. The number of methoxy groups -OCH3 is 1. The number of benzene rings is 3. The Morgan fingerprint density at radius 2 is 1.86 bits per heavy atom. The minimum absolute atomic E-state index is 0.249. The van der Waals surface area contributed by atoms with Crippen LogP contribution < -0.4 is 15.0 Å². The summed E-state index contributed by atoms with van der Waals surface area (Å²) in [7, 11) is 1.51. The van der Waals surface area contributed by atoms with Gasteiger partial charge in [0.25, 0.3) is 0 Å². The summed E-state index contributed by atoms with van der Waals surface area (Å²) < 4.78 is 19.4. The SMILES string of the molecule is COc1cccc(C(=O)C2C(C(C)=O)N3c4ccc(F)cc4C=CC3C23C(=O)Nc2ccccc23)c1. The van der Waals surface area contributed by atoms with Crippen LogP contribution in [0.2, 0.25) is 0 Å². The Labute approximate surface area is 207 Å². The minimum Gasteiger partial charge on any atom is -0.497 e. The van der Waals surface area contributed by atoms with Crippen LogP contribution in [0.3, 0.4) is 0 Å². The highest BCUT2D eigenvalue weighted by atomic mass is 19.1. The molecule has 1 N–H and O–H groups in total. The molecule has 0 bridgehead atoms. The first kappa shape index (κ1) is 22.2. The molecule has 180 valence electrons. The number of para-hydroxylation sites is 1. The molecule has 1 amide bonds. The number of hydrogen-bond acceptors (Lipinski definition) is 5. The van der Waals surface area contributed by atoms with E-state index < -0.39 is 29.2 Å². The van der Waals surface area contributed by atoms with Crippen molar-refractivity contribution in [1.29, 1.82) is 0 Å². The lowest BCUT2D eigenvalue weighted by Crippen LogP contribution is -2.51. The van der Waals surface area contributed by atoms with Crippen molar-refractivity contribution in [2.24, 2.45) is 5.92 Å². The average Bonchev–Trinajstić information content (AvgIpc) is 3.36. The van der Waals surface area contributed by atoms with Gasteiger partial charge in [-0.15, -0.1) is 0 Å². The summed E-state index contributed by atoms with van der Waals surface area (Å²) in [6.07, 6.45) is 3.59. The average molecular weight is 483 g/mol. The number of rotatable bonds is 4. The van der Waals surface area contributed by atoms with Gasteiger partial charge in [0.05, 0.1) is 25.1 Å². The highest BCUT2D eigenvalue weighted by Gasteiger charge is 2.69. The summed E-state index contributed by atoms with van der Waals surface area (Å²) in [5.74, 6) is -1.84. The molecule has 0 saturated carbocycles. The first-order chi connectivity index (χ1) is 17.4. The summed E-state index contributed by atoms with van der Waals surface area (Å²) in [6, 6.07) is 16.8. The molecule has 3 heterocycles. The molecular formula is C29H23FN2O4. The van der Waals surface area contributed by atoms with Crippen molar-refractivity contribution >= 4 is 34.9 Å². The number of nitrogens with zero attached hydrogens (tertiary/aromatic N) is 1. The maximum absolute atomic E-state index is 14.4. The van der Waals surface area contributed by atoms with Crippen molar-refractivity contribution in [1.82, 2.24) is 0 Å². The van der Waals surface area contributed by atoms with Crippen LogP contribution in [0, 0.1) is 11.7 Å². The maximum Gasteiger partial charge on any atom is 0.238 e. The molecule has 1 fully saturated rings. The third kappa shape index (κ3) is 2.86. The van der Waals surface area contributed by atoms with Crippen molar-refractivity contribution in [2.75, 3.05) is 17.3 Å². The zero-order valence-electron chi connectivity index (χ0n) is 19.7. The van der Waals surface area contributed by atoms with E-state index in [9.17, 15) is 18.8 Å². The minimum atomic E-state index is -1.37. The van der Waals surface area contributed by atoms with Crippen molar-refractivity contribution in [3.05, 3.63) is 95.3 Å². The Morgan fingerprint density at radius 3 is 2.64 bits per heavy atom. The smallest absolute Gasteiger partial charge is 0.238 e.